The van der Waals surface area contributed by atoms with Gasteiger partial charge in [-0.1, -0.05) is 13.0 Å². The van der Waals surface area contributed by atoms with Gasteiger partial charge < -0.3 is 14.8 Å². The Hall–Kier alpha value is -1.13. The van der Waals surface area contributed by atoms with Crippen LogP contribution in [0.15, 0.2) is 18.2 Å². The van der Waals surface area contributed by atoms with Gasteiger partial charge in [0.15, 0.2) is 11.6 Å². The lowest BCUT2D eigenvalue weighted by molar-refractivity contribution is -0.0547. The third-order valence-corrected chi connectivity index (χ3v) is 3.58. The maximum absolute atomic E-state index is 13.8. The van der Waals surface area contributed by atoms with Crippen LogP contribution in [0.3, 0.4) is 0 Å². The molecule has 3 nitrogen and oxygen atoms in total. The first-order valence-corrected chi connectivity index (χ1v) is 6.67. The lowest BCUT2D eigenvalue weighted by Gasteiger charge is -2.37. The minimum absolute atomic E-state index is 0.0714. The molecule has 19 heavy (non-hydrogen) atoms. The highest BCUT2D eigenvalue weighted by molar-refractivity contribution is 5.32. The van der Waals surface area contributed by atoms with E-state index in [1.165, 1.54) is 13.2 Å². The molecule has 0 aliphatic rings. The molecule has 0 heterocycles. The minimum Gasteiger partial charge on any atom is -0.494 e. The lowest BCUT2D eigenvalue weighted by atomic mass is 9.87. The second-order valence-corrected chi connectivity index (χ2v) is 4.71. The molecule has 2 atom stereocenters. The molecule has 108 valence electrons. The number of halogens is 1. The summed E-state index contributed by atoms with van der Waals surface area (Å²) < 4.78 is 24.6. The van der Waals surface area contributed by atoms with Crippen LogP contribution in [0.4, 0.5) is 4.39 Å². The maximum Gasteiger partial charge on any atom is 0.165 e. The Morgan fingerprint density at radius 2 is 2.05 bits per heavy atom. The molecule has 0 spiro atoms. The lowest BCUT2D eigenvalue weighted by Crippen LogP contribution is -2.42. The van der Waals surface area contributed by atoms with Crippen molar-refractivity contribution in [1.29, 1.82) is 0 Å². The Morgan fingerprint density at radius 1 is 1.37 bits per heavy atom. The Bertz CT molecular complexity index is 411. The number of likely N-dealkylation sites (N-methyl/N-ethyl adjacent to an activating group) is 1. The molecular weight excluding hydrogens is 245 g/mol. The summed E-state index contributed by atoms with van der Waals surface area (Å²) in [6.07, 6.45) is 0.833. The predicted octanol–water partition coefficient (Wildman–Crippen LogP) is 3.30. The van der Waals surface area contributed by atoms with Gasteiger partial charge in [0.1, 0.15) is 0 Å². The van der Waals surface area contributed by atoms with Crippen molar-refractivity contribution in [3.63, 3.8) is 0 Å². The molecule has 0 radical (unpaired) electrons. The fraction of sp³-hybridized carbons (Fsp3) is 0.600. The van der Waals surface area contributed by atoms with Crippen molar-refractivity contribution in [3.05, 3.63) is 29.6 Å². The first-order chi connectivity index (χ1) is 9.02. The topological polar surface area (TPSA) is 30.5 Å². The van der Waals surface area contributed by atoms with E-state index in [0.29, 0.717) is 6.61 Å². The minimum atomic E-state index is -0.371. The molecule has 0 saturated heterocycles. The van der Waals surface area contributed by atoms with Crippen LogP contribution in [0.1, 0.15) is 38.8 Å². The van der Waals surface area contributed by atoms with Crippen molar-refractivity contribution in [2.24, 2.45) is 0 Å². The number of ether oxygens (including phenoxy) is 2. The number of benzene rings is 1. The van der Waals surface area contributed by atoms with Gasteiger partial charge in [-0.25, -0.2) is 4.39 Å². The van der Waals surface area contributed by atoms with E-state index in [1.54, 1.807) is 6.07 Å². The van der Waals surface area contributed by atoms with Gasteiger partial charge in [0, 0.05) is 6.61 Å². The average Bonchev–Trinajstić information content (AvgIpc) is 2.40. The predicted molar refractivity (Wildman–Crippen MR) is 75.1 cm³/mol. The normalized spacial score (nSPS) is 15.9. The van der Waals surface area contributed by atoms with Gasteiger partial charge in [0.2, 0.25) is 0 Å². The van der Waals surface area contributed by atoms with Gasteiger partial charge in [-0.2, -0.15) is 0 Å². The van der Waals surface area contributed by atoms with E-state index in [-0.39, 0.29) is 23.2 Å². The zero-order valence-corrected chi connectivity index (χ0v) is 12.4. The maximum atomic E-state index is 13.8. The molecule has 4 heteroatoms. The summed E-state index contributed by atoms with van der Waals surface area (Å²) in [5, 5.41) is 3.23. The molecule has 0 amide bonds. The summed E-state index contributed by atoms with van der Waals surface area (Å²) in [7, 11) is 3.32. The van der Waals surface area contributed by atoms with Crippen molar-refractivity contribution < 1.29 is 13.9 Å². The molecule has 0 bridgehead atoms. The smallest absolute Gasteiger partial charge is 0.165 e. The van der Waals surface area contributed by atoms with Gasteiger partial charge >= 0.3 is 0 Å². The van der Waals surface area contributed by atoms with Crippen molar-refractivity contribution in [3.8, 4) is 5.75 Å². The average molecular weight is 269 g/mol. The first-order valence-electron chi connectivity index (χ1n) is 6.67. The second-order valence-electron chi connectivity index (χ2n) is 4.71. The van der Waals surface area contributed by atoms with E-state index in [4.69, 9.17) is 9.47 Å². The molecule has 0 aliphatic heterocycles. The monoisotopic (exact) mass is 269 g/mol. The van der Waals surface area contributed by atoms with Crippen molar-refractivity contribution in [2.45, 2.75) is 38.8 Å². The summed E-state index contributed by atoms with van der Waals surface area (Å²) in [6.45, 7) is 6.70. The van der Waals surface area contributed by atoms with Crippen LogP contribution in [-0.4, -0.2) is 26.4 Å². The highest BCUT2D eigenvalue weighted by Gasteiger charge is 2.33. The summed E-state index contributed by atoms with van der Waals surface area (Å²) in [4.78, 5) is 0. The second kappa shape index (κ2) is 6.87. The number of methoxy groups -OCH3 is 1. The van der Waals surface area contributed by atoms with Crippen LogP contribution in [0.5, 0.6) is 5.75 Å². The van der Waals surface area contributed by atoms with Crippen molar-refractivity contribution in [1.82, 2.24) is 5.32 Å². The van der Waals surface area contributed by atoms with Crippen LogP contribution < -0.4 is 10.1 Å². The fourth-order valence-corrected chi connectivity index (χ4v) is 2.41. The highest BCUT2D eigenvalue weighted by atomic mass is 19.1. The summed E-state index contributed by atoms with van der Waals surface area (Å²) in [5.74, 6) is -0.0941. The molecule has 1 rings (SSSR count). The van der Waals surface area contributed by atoms with Crippen molar-refractivity contribution in [2.75, 3.05) is 20.8 Å². The Kier molecular flexibility index (Phi) is 5.76. The molecule has 0 fully saturated rings. The Labute approximate surface area is 115 Å². The molecule has 0 aliphatic carbocycles. The number of rotatable bonds is 7. The summed E-state index contributed by atoms with van der Waals surface area (Å²) >= 11 is 0. The van der Waals surface area contributed by atoms with Crippen LogP contribution in [0, 0.1) is 5.82 Å². The van der Waals surface area contributed by atoms with Crippen LogP contribution in [-0.2, 0) is 4.74 Å². The third-order valence-electron chi connectivity index (χ3n) is 3.58. The molecule has 1 N–H and O–H groups in total. The summed E-state index contributed by atoms with van der Waals surface area (Å²) in [5.41, 5.74) is 0.489. The SMILES string of the molecule is CCOC(C)(CC)C(NC)c1ccc(OC)c(F)c1. The Balaban J connectivity index is 3.12. The van der Waals surface area contributed by atoms with E-state index in [2.05, 4.69) is 12.2 Å². The van der Waals surface area contributed by atoms with E-state index in [0.717, 1.165) is 12.0 Å². The largest absolute Gasteiger partial charge is 0.494 e. The standard InChI is InChI=1S/C15H24FNO2/c1-6-15(3,19-7-2)14(17-4)11-8-9-13(18-5)12(16)10-11/h8-10,14,17H,6-7H2,1-5H3. The number of hydrogen-bond donors (Lipinski definition) is 1. The quantitative estimate of drug-likeness (QED) is 0.824. The first kappa shape index (κ1) is 15.9. The zero-order valence-electron chi connectivity index (χ0n) is 12.4. The third kappa shape index (κ3) is 3.45. The molecule has 0 saturated carbocycles. The van der Waals surface area contributed by atoms with Crippen LogP contribution in [0.25, 0.3) is 0 Å². The fourth-order valence-electron chi connectivity index (χ4n) is 2.41. The van der Waals surface area contributed by atoms with Gasteiger partial charge in [-0.05, 0) is 45.0 Å². The Morgan fingerprint density at radius 3 is 2.47 bits per heavy atom. The van der Waals surface area contributed by atoms with Gasteiger partial charge in [0.25, 0.3) is 0 Å². The van der Waals surface area contributed by atoms with Crippen LogP contribution in [0.2, 0.25) is 0 Å². The van der Waals surface area contributed by atoms with Crippen molar-refractivity contribution >= 4 is 0 Å². The van der Waals surface area contributed by atoms with Gasteiger partial charge in [-0.3, -0.25) is 0 Å². The zero-order chi connectivity index (χ0) is 14.5. The molecule has 1 aromatic rings. The van der Waals surface area contributed by atoms with E-state index >= 15 is 0 Å². The molecular formula is C15H24FNO2. The highest BCUT2D eigenvalue weighted by Crippen LogP contribution is 2.33. The summed E-state index contributed by atoms with van der Waals surface area (Å²) in [6, 6.07) is 4.96. The number of hydrogen-bond acceptors (Lipinski definition) is 3. The molecule has 2 unspecified atom stereocenters. The van der Waals surface area contributed by atoms with E-state index in [9.17, 15) is 4.39 Å². The van der Waals surface area contributed by atoms with Gasteiger partial charge in [0.05, 0.1) is 18.8 Å². The molecule has 1 aromatic carbocycles. The van der Waals surface area contributed by atoms with E-state index < -0.39 is 0 Å². The molecule has 0 aromatic heterocycles. The van der Waals surface area contributed by atoms with Gasteiger partial charge in [-0.15, -0.1) is 0 Å². The van der Waals surface area contributed by atoms with E-state index in [1.807, 2.05) is 27.0 Å². The number of nitrogens with one attached hydrogen (secondary N) is 1. The van der Waals surface area contributed by atoms with Crippen LogP contribution >= 0.6 is 0 Å².